The van der Waals surface area contributed by atoms with E-state index in [0.29, 0.717) is 11.4 Å². The van der Waals surface area contributed by atoms with Gasteiger partial charge in [-0.25, -0.2) is 0 Å². The summed E-state index contributed by atoms with van der Waals surface area (Å²) >= 11 is 0. The number of nitrogens with zero attached hydrogens (tertiary/aromatic N) is 3. The Morgan fingerprint density at radius 2 is 2.10 bits per heavy atom. The van der Waals surface area contributed by atoms with Gasteiger partial charge in [-0.15, -0.1) is 0 Å². The minimum atomic E-state index is 0.0433. The highest BCUT2D eigenvalue weighted by molar-refractivity contribution is 5.94. The van der Waals surface area contributed by atoms with E-state index in [-0.39, 0.29) is 11.9 Å². The number of aromatic nitrogens is 2. The largest absolute Gasteiger partial charge is 0.397 e. The molecule has 5 nitrogen and oxygen atoms in total. The first kappa shape index (κ1) is 12.8. The summed E-state index contributed by atoms with van der Waals surface area (Å²) in [5.74, 6) is 0.0433. The highest BCUT2D eigenvalue weighted by Crippen LogP contribution is 2.28. The Kier molecular flexibility index (Phi) is 2.85. The number of carbonyl (C=O) groups is 1. The molecule has 3 heterocycles. The number of hydrogen-bond acceptors (Lipinski definition) is 2. The van der Waals surface area contributed by atoms with Crippen molar-refractivity contribution in [2.45, 2.75) is 26.4 Å². The number of nitrogen functional groups attached to an aromatic ring is 1. The number of nitrogens with two attached hydrogens (primary N) is 1. The molecule has 0 aromatic carbocycles. The van der Waals surface area contributed by atoms with E-state index in [9.17, 15) is 4.79 Å². The Morgan fingerprint density at radius 1 is 1.35 bits per heavy atom. The van der Waals surface area contributed by atoms with Gasteiger partial charge in [-0.3, -0.25) is 4.79 Å². The van der Waals surface area contributed by atoms with Crippen LogP contribution in [-0.2, 0) is 13.6 Å². The van der Waals surface area contributed by atoms with E-state index in [1.165, 1.54) is 11.4 Å². The molecule has 2 aromatic heterocycles. The average Bonchev–Trinajstić information content (AvgIpc) is 2.93. The van der Waals surface area contributed by atoms with Crippen LogP contribution in [0.25, 0.3) is 0 Å². The van der Waals surface area contributed by atoms with Crippen LogP contribution < -0.4 is 5.73 Å². The number of rotatable bonds is 1. The second-order valence-corrected chi connectivity index (χ2v) is 5.50. The van der Waals surface area contributed by atoms with Crippen molar-refractivity contribution in [2.75, 3.05) is 12.3 Å². The third-order valence-electron chi connectivity index (χ3n) is 4.20. The van der Waals surface area contributed by atoms with E-state index >= 15 is 0 Å². The van der Waals surface area contributed by atoms with Crippen LogP contribution >= 0.6 is 0 Å². The topological polar surface area (TPSA) is 56.2 Å². The molecule has 1 aliphatic heterocycles. The molecule has 1 atom stereocenters. The van der Waals surface area contributed by atoms with Crippen LogP contribution in [0.15, 0.2) is 24.4 Å². The predicted octanol–water partition coefficient (Wildman–Crippen LogP) is 1.93. The molecular formula is C15H20N4O. The van der Waals surface area contributed by atoms with Crippen LogP contribution in [0.2, 0.25) is 0 Å². The van der Waals surface area contributed by atoms with Gasteiger partial charge in [0.15, 0.2) is 0 Å². The summed E-state index contributed by atoms with van der Waals surface area (Å²) in [6, 6.07) is 6.05. The number of fused-ring (bicyclic) bond motifs is 1. The zero-order chi connectivity index (χ0) is 14.4. The van der Waals surface area contributed by atoms with Crippen molar-refractivity contribution in [3.63, 3.8) is 0 Å². The minimum absolute atomic E-state index is 0.0433. The van der Waals surface area contributed by atoms with Gasteiger partial charge in [0, 0.05) is 37.7 Å². The fraction of sp³-hybridized carbons (Fsp3) is 0.400. The summed E-state index contributed by atoms with van der Waals surface area (Å²) in [7, 11) is 1.85. The second-order valence-electron chi connectivity index (χ2n) is 5.50. The highest BCUT2D eigenvalue weighted by Gasteiger charge is 2.30. The Labute approximate surface area is 118 Å². The highest BCUT2D eigenvalue weighted by atomic mass is 16.2. The molecule has 0 spiro atoms. The first-order valence-corrected chi connectivity index (χ1v) is 6.88. The third-order valence-corrected chi connectivity index (χ3v) is 4.20. The van der Waals surface area contributed by atoms with E-state index in [2.05, 4.69) is 30.5 Å². The molecule has 5 heteroatoms. The quantitative estimate of drug-likeness (QED) is 0.862. The zero-order valence-electron chi connectivity index (χ0n) is 12.1. The molecule has 1 unspecified atom stereocenters. The van der Waals surface area contributed by atoms with Crippen LogP contribution in [0.5, 0.6) is 0 Å². The summed E-state index contributed by atoms with van der Waals surface area (Å²) in [5.41, 5.74) is 9.49. The van der Waals surface area contributed by atoms with Gasteiger partial charge in [-0.1, -0.05) is 0 Å². The summed E-state index contributed by atoms with van der Waals surface area (Å²) in [5, 5.41) is 0. The summed E-state index contributed by atoms with van der Waals surface area (Å²) in [6.45, 7) is 5.76. The lowest BCUT2D eigenvalue weighted by Gasteiger charge is -2.35. The first-order valence-electron chi connectivity index (χ1n) is 6.88. The van der Waals surface area contributed by atoms with Gasteiger partial charge in [0.2, 0.25) is 0 Å². The smallest absolute Gasteiger partial charge is 0.271 e. The number of anilines is 1. The van der Waals surface area contributed by atoms with Gasteiger partial charge in [-0.05, 0) is 32.0 Å². The van der Waals surface area contributed by atoms with Crippen molar-refractivity contribution < 1.29 is 4.79 Å². The second kappa shape index (κ2) is 4.44. The van der Waals surface area contributed by atoms with E-state index in [4.69, 9.17) is 5.73 Å². The molecule has 0 aliphatic carbocycles. The molecular weight excluding hydrogens is 252 g/mol. The number of amides is 1. The van der Waals surface area contributed by atoms with E-state index < -0.39 is 0 Å². The summed E-state index contributed by atoms with van der Waals surface area (Å²) < 4.78 is 4.08. The van der Waals surface area contributed by atoms with E-state index in [1.54, 1.807) is 16.8 Å². The standard InChI is InChI=1S/C15H20N4O/c1-10-4-5-13-11(2)19(7-6-18(10)13)15(20)14-8-12(16)9-17(14)3/h4-5,8-9,11H,6-7,16H2,1-3H3. The molecule has 106 valence electrons. The lowest BCUT2D eigenvalue weighted by atomic mass is 10.1. The molecule has 3 rings (SSSR count). The molecule has 0 fully saturated rings. The normalized spacial score (nSPS) is 18.1. The molecule has 1 amide bonds. The predicted molar refractivity (Wildman–Crippen MR) is 78.4 cm³/mol. The molecule has 0 saturated heterocycles. The van der Waals surface area contributed by atoms with Crippen molar-refractivity contribution in [1.29, 1.82) is 0 Å². The van der Waals surface area contributed by atoms with Gasteiger partial charge in [0.05, 0.1) is 11.7 Å². The van der Waals surface area contributed by atoms with Crippen molar-refractivity contribution in [2.24, 2.45) is 7.05 Å². The molecule has 1 aliphatic rings. The van der Waals surface area contributed by atoms with E-state index in [1.807, 2.05) is 11.9 Å². The van der Waals surface area contributed by atoms with Crippen LogP contribution in [0.1, 0.15) is 34.8 Å². The van der Waals surface area contributed by atoms with Crippen molar-refractivity contribution in [3.05, 3.63) is 41.5 Å². The van der Waals surface area contributed by atoms with Gasteiger partial charge in [0.1, 0.15) is 5.69 Å². The van der Waals surface area contributed by atoms with Gasteiger partial charge in [-0.2, -0.15) is 0 Å². The van der Waals surface area contributed by atoms with Crippen molar-refractivity contribution >= 4 is 11.6 Å². The number of hydrogen-bond donors (Lipinski definition) is 1. The summed E-state index contributed by atoms with van der Waals surface area (Å²) in [4.78, 5) is 14.6. The third kappa shape index (κ3) is 1.81. The molecule has 0 bridgehead atoms. The fourth-order valence-electron chi connectivity index (χ4n) is 3.05. The maximum Gasteiger partial charge on any atom is 0.271 e. The van der Waals surface area contributed by atoms with Crippen molar-refractivity contribution in [3.8, 4) is 0 Å². The van der Waals surface area contributed by atoms with Gasteiger partial charge < -0.3 is 19.8 Å². The lowest BCUT2D eigenvalue weighted by molar-refractivity contribution is 0.0633. The zero-order valence-corrected chi connectivity index (χ0v) is 12.1. The minimum Gasteiger partial charge on any atom is -0.397 e. The average molecular weight is 272 g/mol. The Hall–Kier alpha value is -2.17. The molecule has 2 aromatic rings. The van der Waals surface area contributed by atoms with Crippen molar-refractivity contribution in [1.82, 2.24) is 14.0 Å². The van der Waals surface area contributed by atoms with Gasteiger partial charge in [0.25, 0.3) is 5.91 Å². The molecule has 0 saturated carbocycles. The van der Waals surface area contributed by atoms with E-state index in [0.717, 1.165) is 13.1 Å². The Morgan fingerprint density at radius 3 is 2.75 bits per heavy atom. The number of aryl methyl sites for hydroxylation is 2. The Bertz CT molecular complexity index is 667. The monoisotopic (exact) mass is 272 g/mol. The summed E-state index contributed by atoms with van der Waals surface area (Å²) in [6.07, 6.45) is 1.77. The van der Waals surface area contributed by atoms with Crippen LogP contribution in [0.4, 0.5) is 5.69 Å². The van der Waals surface area contributed by atoms with Gasteiger partial charge >= 0.3 is 0 Å². The molecule has 0 radical (unpaired) electrons. The molecule has 2 N–H and O–H groups in total. The lowest BCUT2D eigenvalue weighted by Crippen LogP contribution is -2.41. The Balaban J connectivity index is 1.93. The van der Waals surface area contributed by atoms with Crippen LogP contribution in [-0.4, -0.2) is 26.5 Å². The fourth-order valence-corrected chi connectivity index (χ4v) is 3.05. The maximum absolute atomic E-state index is 12.7. The van der Waals surface area contributed by atoms with Crippen LogP contribution in [0.3, 0.4) is 0 Å². The number of carbonyl (C=O) groups excluding carboxylic acids is 1. The maximum atomic E-state index is 12.7. The SMILES string of the molecule is Cc1ccc2n1CCN(C(=O)c1cc(N)cn1C)C2C. The first-order chi connectivity index (χ1) is 9.49. The van der Waals surface area contributed by atoms with Crippen LogP contribution in [0, 0.1) is 6.92 Å². The molecule has 20 heavy (non-hydrogen) atoms.